The zero-order valence-corrected chi connectivity index (χ0v) is 10.8. The summed E-state index contributed by atoms with van der Waals surface area (Å²) in [5.41, 5.74) is -1.80. The third kappa shape index (κ3) is 2.15. The van der Waals surface area contributed by atoms with Crippen molar-refractivity contribution in [3.8, 4) is 5.75 Å². The maximum Gasteiger partial charge on any atom is 0.360 e. The summed E-state index contributed by atoms with van der Waals surface area (Å²) < 4.78 is 10.1. The van der Waals surface area contributed by atoms with Gasteiger partial charge in [-0.15, -0.1) is 0 Å². The summed E-state index contributed by atoms with van der Waals surface area (Å²) in [5, 5.41) is 13.2. The van der Waals surface area contributed by atoms with Crippen LogP contribution in [0.4, 0.5) is 11.4 Å². The number of nitro groups is 1. The molecule has 1 aromatic rings. The molecule has 1 atom stereocenters. The van der Waals surface area contributed by atoms with E-state index in [1.54, 1.807) is 6.92 Å². The van der Waals surface area contributed by atoms with E-state index in [0.29, 0.717) is 0 Å². The molecule has 1 heterocycles. The number of non-ortho nitro benzene ring substituents is 1. The summed E-state index contributed by atoms with van der Waals surface area (Å²) in [6, 6.07) is 3.72. The van der Waals surface area contributed by atoms with Crippen LogP contribution in [0.1, 0.15) is 13.8 Å². The first-order valence-corrected chi connectivity index (χ1v) is 5.84. The van der Waals surface area contributed by atoms with Gasteiger partial charge >= 0.3 is 5.97 Å². The Hall–Kier alpha value is -2.64. The van der Waals surface area contributed by atoms with Gasteiger partial charge in [0.1, 0.15) is 0 Å². The van der Waals surface area contributed by atoms with Crippen molar-refractivity contribution in [2.45, 2.75) is 19.4 Å². The molecule has 0 spiro atoms. The molecule has 106 valence electrons. The average Bonchev–Trinajstić information content (AvgIpc) is 2.39. The van der Waals surface area contributed by atoms with E-state index >= 15 is 0 Å². The largest absolute Gasteiger partial charge is 0.463 e. The number of fused-ring (bicyclic) bond motifs is 1. The second-order valence-electron chi connectivity index (χ2n) is 4.25. The van der Waals surface area contributed by atoms with E-state index in [0.717, 1.165) is 6.07 Å². The molecule has 0 bridgehead atoms. The SMILES string of the molecule is CCOC(=O)C1(C)Oc2cc([N+](=O)[O-])ccc2NC1=O. The van der Waals surface area contributed by atoms with Gasteiger partial charge in [-0.25, -0.2) is 4.79 Å². The fourth-order valence-corrected chi connectivity index (χ4v) is 1.72. The van der Waals surface area contributed by atoms with Crippen molar-refractivity contribution < 1.29 is 24.0 Å². The van der Waals surface area contributed by atoms with Crippen LogP contribution in [0.3, 0.4) is 0 Å². The Balaban J connectivity index is 2.40. The van der Waals surface area contributed by atoms with Gasteiger partial charge in [0.2, 0.25) is 0 Å². The zero-order chi connectivity index (χ0) is 14.9. The minimum absolute atomic E-state index is 0.0503. The molecule has 1 aliphatic heterocycles. The van der Waals surface area contributed by atoms with Gasteiger partial charge in [0.25, 0.3) is 17.2 Å². The Morgan fingerprint density at radius 1 is 1.55 bits per heavy atom. The minimum Gasteiger partial charge on any atom is -0.463 e. The number of nitro benzene ring substituents is 1. The van der Waals surface area contributed by atoms with Crippen LogP contribution in [0.25, 0.3) is 0 Å². The van der Waals surface area contributed by atoms with Gasteiger partial charge in [0.15, 0.2) is 5.75 Å². The Bertz CT molecular complexity index is 600. The van der Waals surface area contributed by atoms with Crippen LogP contribution in [0.2, 0.25) is 0 Å². The standard InChI is InChI=1S/C12H12N2O6/c1-3-19-11(16)12(2)10(15)13-8-5-4-7(14(17)18)6-9(8)20-12/h4-6H,3H2,1-2H3,(H,13,15). The number of benzene rings is 1. The predicted molar refractivity (Wildman–Crippen MR) is 67.4 cm³/mol. The molecule has 0 saturated carbocycles. The molecule has 1 unspecified atom stereocenters. The Morgan fingerprint density at radius 3 is 2.85 bits per heavy atom. The maximum atomic E-state index is 11.9. The number of anilines is 1. The lowest BCUT2D eigenvalue weighted by Gasteiger charge is -2.32. The van der Waals surface area contributed by atoms with Crippen molar-refractivity contribution >= 4 is 23.3 Å². The summed E-state index contributed by atoms with van der Waals surface area (Å²) in [6.45, 7) is 2.94. The maximum absolute atomic E-state index is 11.9. The molecule has 1 aliphatic rings. The van der Waals surface area contributed by atoms with Crippen LogP contribution >= 0.6 is 0 Å². The fraction of sp³-hybridized carbons (Fsp3) is 0.333. The number of hydrogen-bond acceptors (Lipinski definition) is 6. The third-order valence-corrected chi connectivity index (χ3v) is 2.84. The topological polar surface area (TPSA) is 108 Å². The van der Waals surface area contributed by atoms with E-state index in [1.165, 1.54) is 19.1 Å². The zero-order valence-electron chi connectivity index (χ0n) is 10.8. The number of esters is 1. The molecule has 0 aliphatic carbocycles. The Kier molecular flexibility index (Phi) is 3.31. The highest BCUT2D eigenvalue weighted by Crippen LogP contribution is 2.36. The first-order chi connectivity index (χ1) is 9.38. The van der Waals surface area contributed by atoms with Gasteiger partial charge in [-0.3, -0.25) is 14.9 Å². The molecule has 0 aromatic heterocycles. The third-order valence-electron chi connectivity index (χ3n) is 2.84. The lowest BCUT2D eigenvalue weighted by atomic mass is 10.0. The highest BCUT2D eigenvalue weighted by Gasteiger charge is 2.49. The molecule has 0 fully saturated rings. The molecule has 8 nitrogen and oxygen atoms in total. The molecule has 1 N–H and O–H groups in total. The van der Waals surface area contributed by atoms with Gasteiger partial charge in [-0.05, 0) is 19.9 Å². The number of rotatable bonds is 3. The normalized spacial score (nSPS) is 20.4. The molecule has 1 amide bonds. The summed E-state index contributed by atoms with van der Waals surface area (Å²) >= 11 is 0. The average molecular weight is 280 g/mol. The summed E-state index contributed by atoms with van der Waals surface area (Å²) in [4.78, 5) is 33.9. The van der Waals surface area contributed by atoms with Gasteiger partial charge in [0.05, 0.1) is 23.3 Å². The molecule has 0 radical (unpaired) electrons. The number of carbonyl (C=O) groups excluding carboxylic acids is 2. The van der Waals surface area contributed by atoms with Gasteiger partial charge in [-0.1, -0.05) is 0 Å². The predicted octanol–water partition coefficient (Wildman–Crippen LogP) is 1.25. The van der Waals surface area contributed by atoms with Crippen molar-refractivity contribution in [1.82, 2.24) is 0 Å². The number of carbonyl (C=O) groups is 2. The second kappa shape index (κ2) is 4.80. The van der Waals surface area contributed by atoms with E-state index in [-0.39, 0.29) is 23.7 Å². The number of amides is 1. The van der Waals surface area contributed by atoms with Crippen molar-refractivity contribution in [2.24, 2.45) is 0 Å². The lowest BCUT2D eigenvalue weighted by molar-refractivity contribution is -0.385. The molecule has 1 aromatic carbocycles. The second-order valence-corrected chi connectivity index (χ2v) is 4.25. The van der Waals surface area contributed by atoms with E-state index < -0.39 is 22.4 Å². The monoisotopic (exact) mass is 280 g/mol. The van der Waals surface area contributed by atoms with E-state index in [4.69, 9.17) is 9.47 Å². The van der Waals surface area contributed by atoms with Crippen LogP contribution < -0.4 is 10.1 Å². The highest BCUT2D eigenvalue weighted by molar-refractivity contribution is 6.13. The van der Waals surface area contributed by atoms with Crippen molar-refractivity contribution in [3.63, 3.8) is 0 Å². The first kappa shape index (κ1) is 13.8. The quantitative estimate of drug-likeness (QED) is 0.386. The number of nitrogens with zero attached hydrogens (tertiary/aromatic N) is 1. The van der Waals surface area contributed by atoms with E-state index in [9.17, 15) is 19.7 Å². The molecule has 8 heteroatoms. The highest BCUT2D eigenvalue weighted by atomic mass is 16.6. The molecule has 0 saturated heterocycles. The number of ether oxygens (including phenoxy) is 2. The van der Waals surface area contributed by atoms with E-state index in [1.807, 2.05) is 0 Å². The molecular formula is C12H12N2O6. The number of hydrogen-bond donors (Lipinski definition) is 1. The van der Waals surface area contributed by atoms with Crippen LogP contribution in [0, 0.1) is 10.1 Å². The minimum atomic E-state index is -1.86. The summed E-state index contributed by atoms with van der Waals surface area (Å²) in [5.74, 6) is -1.48. The van der Waals surface area contributed by atoms with Gasteiger partial charge in [-0.2, -0.15) is 0 Å². The van der Waals surface area contributed by atoms with Gasteiger partial charge < -0.3 is 14.8 Å². The molecular weight excluding hydrogens is 268 g/mol. The van der Waals surface area contributed by atoms with Crippen molar-refractivity contribution in [1.29, 1.82) is 0 Å². The number of nitrogens with one attached hydrogen (secondary N) is 1. The summed E-state index contributed by atoms with van der Waals surface area (Å²) in [6.07, 6.45) is 0. The van der Waals surface area contributed by atoms with Crippen molar-refractivity contribution in [2.75, 3.05) is 11.9 Å². The molecule has 20 heavy (non-hydrogen) atoms. The van der Waals surface area contributed by atoms with Crippen LogP contribution in [0.15, 0.2) is 18.2 Å². The van der Waals surface area contributed by atoms with Crippen LogP contribution in [-0.2, 0) is 14.3 Å². The fourth-order valence-electron chi connectivity index (χ4n) is 1.72. The molecule has 2 rings (SSSR count). The Morgan fingerprint density at radius 2 is 2.25 bits per heavy atom. The lowest BCUT2D eigenvalue weighted by Crippen LogP contribution is -2.55. The van der Waals surface area contributed by atoms with E-state index in [2.05, 4.69) is 5.32 Å². The van der Waals surface area contributed by atoms with Crippen molar-refractivity contribution in [3.05, 3.63) is 28.3 Å². The van der Waals surface area contributed by atoms with Crippen LogP contribution in [-0.4, -0.2) is 29.0 Å². The van der Waals surface area contributed by atoms with Crippen LogP contribution in [0.5, 0.6) is 5.75 Å². The Labute approximate surface area is 113 Å². The first-order valence-electron chi connectivity index (χ1n) is 5.84. The van der Waals surface area contributed by atoms with Gasteiger partial charge in [0, 0.05) is 6.07 Å². The smallest absolute Gasteiger partial charge is 0.360 e. The summed E-state index contributed by atoms with van der Waals surface area (Å²) in [7, 11) is 0.